The number of piperazine rings is 1. The van der Waals surface area contributed by atoms with Crippen LogP contribution in [0.4, 0.5) is 10.1 Å². The molecular weight excluding hydrogens is 403 g/mol. The first-order valence-electron chi connectivity index (χ1n) is 12.7. The topological polar surface area (TPSA) is 46.1 Å². The first-order chi connectivity index (χ1) is 15.7. The molecule has 3 aliphatic rings. The summed E-state index contributed by atoms with van der Waals surface area (Å²) in [6, 6.07) is 8.48. The van der Waals surface area contributed by atoms with Gasteiger partial charge >= 0.3 is 0 Å². The van der Waals surface area contributed by atoms with Gasteiger partial charge in [0.1, 0.15) is 5.82 Å². The minimum atomic E-state index is -0.117. The lowest BCUT2D eigenvalue weighted by Gasteiger charge is -2.37. The van der Waals surface area contributed by atoms with Gasteiger partial charge in [0.15, 0.2) is 5.96 Å². The van der Waals surface area contributed by atoms with Crippen molar-refractivity contribution in [3.05, 3.63) is 30.1 Å². The highest BCUT2D eigenvalue weighted by Gasteiger charge is 2.27. The monoisotopic (exact) mass is 444 g/mol. The summed E-state index contributed by atoms with van der Waals surface area (Å²) in [4.78, 5) is 11.8. The number of rotatable bonds is 7. The van der Waals surface area contributed by atoms with Crippen molar-refractivity contribution < 1.29 is 4.39 Å². The number of hydrogen-bond donors (Lipinski definition) is 2. The Morgan fingerprint density at radius 2 is 1.72 bits per heavy atom. The fourth-order valence-electron chi connectivity index (χ4n) is 5.50. The van der Waals surface area contributed by atoms with Crippen LogP contribution in [0.5, 0.6) is 0 Å². The van der Waals surface area contributed by atoms with Crippen molar-refractivity contribution in [3.8, 4) is 0 Å². The smallest absolute Gasteiger partial charge is 0.191 e. The Balaban J connectivity index is 1.09. The molecule has 1 saturated carbocycles. The molecule has 1 aliphatic carbocycles. The van der Waals surface area contributed by atoms with E-state index < -0.39 is 0 Å². The molecular formula is C25H41FN6. The Morgan fingerprint density at radius 3 is 2.41 bits per heavy atom. The molecule has 0 amide bonds. The van der Waals surface area contributed by atoms with Crippen LogP contribution in [0.25, 0.3) is 0 Å². The van der Waals surface area contributed by atoms with E-state index in [4.69, 9.17) is 0 Å². The van der Waals surface area contributed by atoms with Gasteiger partial charge in [0.2, 0.25) is 0 Å². The number of nitrogens with zero attached hydrogens (tertiary/aromatic N) is 4. The van der Waals surface area contributed by atoms with Gasteiger partial charge < -0.3 is 20.4 Å². The van der Waals surface area contributed by atoms with Crippen LogP contribution < -0.4 is 15.5 Å². The largest absolute Gasteiger partial charge is 0.367 e. The average molecular weight is 445 g/mol. The first-order valence-corrected chi connectivity index (χ1v) is 12.7. The van der Waals surface area contributed by atoms with Crippen LogP contribution in [0, 0.1) is 5.82 Å². The third kappa shape index (κ3) is 6.35. The van der Waals surface area contributed by atoms with Crippen molar-refractivity contribution >= 4 is 11.6 Å². The summed E-state index contributed by atoms with van der Waals surface area (Å²) in [5.41, 5.74) is 0.734. The molecule has 32 heavy (non-hydrogen) atoms. The summed E-state index contributed by atoms with van der Waals surface area (Å²) < 4.78 is 14.0. The molecule has 0 atom stereocenters. The summed E-state index contributed by atoms with van der Waals surface area (Å²) in [5, 5.41) is 7.14. The van der Waals surface area contributed by atoms with Crippen LogP contribution in [0.2, 0.25) is 0 Å². The number of piperidine rings is 1. The van der Waals surface area contributed by atoms with Gasteiger partial charge in [-0.1, -0.05) is 25.0 Å². The van der Waals surface area contributed by atoms with Gasteiger partial charge in [-0.25, -0.2) is 4.39 Å². The Kier molecular flexibility index (Phi) is 8.62. The van der Waals surface area contributed by atoms with Crippen molar-refractivity contribution in [2.45, 2.75) is 57.0 Å². The Morgan fingerprint density at radius 1 is 1.00 bits per heavy atom. The number of halogens is 1. The van der Waals surface area contributed by atoms with Gasteiger partial charge in [-0.2, -0.15) is 0 Å². The molecule has 3 fully saturated rings. The highest BCUT2D eigenvalue weighted by Crippen LogP contribution is 2.26. The van der Waals surface area contributed by atoms with E-state index >= 15 is 0 Å². The van der Waals surface area contributed by atoms with E-state index in [-0.39, 0.29) is 5.82 Å². The van der Waals surface area contributed by atoms with E-state index in [2.05, 4.69) is 30.3 Å². The van der Waals surface area contributed by atoms with Crippen LogP contribution in [0.15, 0.2) is 29.3 Å². The average Bonchev–Trinajstić information content (AvgIpc) is 3.37. The number of anilines is 1. The van der Waals surface area contributed by atoms with Crippen molar-refractivity contribution in [2.24, 2.45) is 4.99 Å². The molecule has 2 N–H and O–H groups in total. The predicted molar refractivity (Wildman–Crippen MR) is 131 cm³/mol. The summed E-state index contributed by atoms with van der Waals surface area (Å²) in [7, 11) is 1.87. The van der Waals surface area contributed by atoms with Gasteiger partial charge in [0.25, 0.3) is 0 Å². The maximum Gasteiger partial charge on any atom is 0.191 e. The van der Waals surface area contributed by atoms with Crippen molar-refractivity contribution in [3.63, 3.8) is 0 Å². The lowest BCUT2D eigenvalue weighted by atomic mass is 10.0. The van der Waals surface area contributed by atoms with Crippen molar-refractivity contribution in [1.82, 2.24) is 20.4 Å². The minimum absolute atomic E-state index is 0.117. The lowest BCUT2D eigenvalue weighted by Crippen LogP contribution is -2.50. The van der Waals surface area contributed by atoms with Crippen LogP contribution in [-0.2, 0) is 0 Å². The molecule has 1 aromatic carbocycles. The number of hydrogen-bond acceptors (Lipinski definition) is 4. The van der Waals surface area contributed by atoms with Gasteiger partial charge in [-0.3, -0.25) is 9.89 Å². The highest BCUT2D eigenvalue weighted by atomic mass is 19.1. The van der Waals surface area contributed by atoms with Crippen LogP contribution in [0.1, 0.15) is 44.9 Å². The highest BCUT2D eigenvalue weighted by molar-refractivity contribution is 5.79. The molecule has 0 bridgehead atoms. The number of para-hydroxylation sites is 1. The van der Waals surface area contributed by atoms with Crippen molar-refractivity contribution in [2.75, 3.05) is 64.3 Å². The third-order valence-corrected chi connectivity index (χ3v) is 7.44. The second kappa shape index (κ2) is 11.8. The maximum absolute atomic E-state index is 14.0. The molecule has 4 rings (SSSR count). The van der Waals surface area contributed by atoms with E-state index in [1.807, 2.05) is 19.2 Å². The van der Waals surface area contributed by atoms with Crippen LogP contribution in [0.3, 0.4) is 0 Å². The number of guanidine groups is 1. The molecule has 178 valence electrons. The molecule has 0 aromatic heterocycles. The number of benzene rings is 1. The Bertz CT molecular complexity index is 719. The molecule has 2 heterocycles. The standard InChI is InChI=1S/C25H41FN6/c1-27-25(29-21-11-15-31(16-12-21)22-7-2-3-8-22)28-13-6-14-30-17-19-32(20-18-30)24-10-5-4-9-23(24)26/h4-5,9-10,21-22H,2-3,6-8,11-20H2,1H3,(H2,27,28,29). The number of nitrogens with one attached hydrogen (secondary N) is 2. The minimum Gasteiger partial charge on any atom is -0.367 e. The van der Waals surface area contributed by atoms with E-state index in [0.29, 0.717) is 6.04 Å². The Hall–Kier alpha value is -1.86. The number of aliphatic imine (C=N–C) groups is 1. The normalized spacial score (nSPS) is 22.4. The van der Waals surface area contributed by atoms with E-state index in [1.54, 1.807) is 12.1 Å². The van der Waals surface area contributed by atoms with E-state index in [9.17, 15) is 4.39 Å². The summed E-state index contributed by atoms with van der Waals surface area (Å²) in [6.07, 6.45) is 9.15. The van der Waals surface area contributed by atoms with Gasteiger partial charge in [0.05, 0.1) is 5.69 Å². The van der Waals surface area contributed by atoms with Crippen molar-refractivity contribution in [1.29, 1.82) is 0 Å². The zero-order valence-corrected chi connectivity index (χ0v) is 19.7. The summed E-state index contributed by atoms with van der Waals surface area (Å²) >= 11 is 0. The van der Waals surface area contributed by atoms with Gasteiger partial charge in [0, 0.05) is 64.9 Å². The third-order valence-electron chi connectivity index (χ3n) is 7.44. The molecule has 7 heteroatoms. The quantitative estimate of drug-likeness (QED) is 0.385. The Labute approximate surface area is 193 Å². The molecule has 6 nitrogen and oxygen atoms in total. The lowest BCUT2D eigenvalue weighted by molar-refractivity contribution is 0.150. The van der Waals surface area contributed by atoms with E-state index in [0.717, 1.165) is 63.4 Å². The second-order valence-corrected chi connectivity index (χ2v) is 9.53. The van der Waals surface area contributed by atoms with E-state index in [1.165, 1.54) is 51.6 Å². The number of likely N-dealkylation sites (tertiary alicyclic amines) is 1. The molecule has 0 radical (unpaired) electrons. The SMILES string of the molecule is CN=C(NCCCN1CCN(c2ccccc2F)CC1)NC1CCN(C2CCCC2)CC1. The zero-order valence-electron chi connectivity index (χ0n) is 19.7. The fraction of sp³-hybridized carbons (Fsp3) is 0.720. The van der Waals surface area contributed by atoms with Crippen LogP contribution in [-0.4, -0.2) is 87.2 Å². The van der Waals surface area contributed by atoms with Gasteiger partial charge in [-0.05, 0) is 50.8 Å². The molecule has 2 aliphatic heterocycles. The van der Waals surface area contributed by atoms with Crippen LogP contribution >= 0.6 is 0 Å². The fourth-order valence-corrected chi connectivity index (χ4v) is 5.50. The molecule has 2 saturated heterocycles. The zero-order chi connectivity index (χ0) is 22.2. The summed E-state index contributed by atoms with van der Waals surface area (Å²) in [6.45, 7) is 8.18. The second-order valence-electron chi connectivity index (χ2n) is 9.53. The predicted octanol–water partition coefficient (Wildman–Crippen LogP) is 2.91. The molecule has 1 aromatic rings. The maximum atomic E-state index is 14.0. The first kappa shape index (κ1) is 23.3. The molecule has 0 unspecified atom stereocenters. The summed E-state index contributed by atoms with van der Waals surface area (Å²) in [5.74, 6) is 0.821. The van der Waals surface area contributed by atoms with Gasteiger partial charge in [-0.15, -0.1) is 0 Å². The molecule has 0 spiro atoms.